The number of aromatic nitrogens is 1. The van der Waals surface area contributed by atoms with Crippen LogP contribution in [-0.2, 0) is 4.79 Å². The number of pyridine rings is 1. The topological polar surface area (TPSA) is 33.2 Å². The second-order valence-electron chi connectivity index (χ2n) is 3.02. The Hall–Kier alpha value is -0.900. The van der Waals surface area contributed by atoms with Gasteiger partial charge in [0.2, 0.25) is 5.91 Å². The minimum absolute atomic E-state index is 0.162. The molecule has 1 aromatic rings. The van der Waals surface area contributed by atoms with Crippen LogP contribution in [-0.4, -0.2) is 22.3 Å². The maximum atomic E-state index is 11.5. The van der Waals surface area contributed by atoms with Crippen LogP contribution in [0.15, 0.2) is 24.5 Å². The molecule has 1 aliphatic rings. The van der Waals surface area contributed by atoms with Gasteiger partial charge < -0.3 is 4.90 Å². The highest BCUT2D eigenvalue weighted by atomic mass is 79.9. The molecule has 0 saturated carbocycles. The number of hydrogen-bond acceptors (Lipinski definition) is 2. The standard InChI is InChI=1S/C9H9BrN2O/c10-7-4-9(13)12(6-7)8-2-1-3-11-5-8/h1-3,5,7H,4,6H2. The van der Waals surface area contributed by atoms with Crippen LogP contribution in [0.2, 0.25) is 0 Å². The lowest BCUT2D eigenvalue weighted by Crippen LogP contribution is -2.24. The zero-order valence-corrected chi connectivity index (χ0v) is 8.57. The van der Waals surface area contributed by atoms with Gasteiger partial charge >= 0.3 is 0 Å². The zero-order chi connectivity index (χ0) is 9.26. The van der Waals surface area contributed by atoms with E-state index in [1.54, 1.807) is 17.3 Å². The number of halogens is 1. The second kappa shape index (κ2) is 3.46. The molecule has 13 heavy (non-hydrogen) atoms. The van der Waals surface area contributed by atoms with Gasteiger partial charge in [0.05, 0.1) is 11.9 Å². The lowest BCUT2D eigenvalue weighted by atomic mass is 10.4. The number of alkyl halides is 1. The Morgan fingerprint density at radius 3 is 3.00 bits per heavy atom. The van der Waals surface area contributed by atoms with Crippen LogP contribution < -0.4 is 4.90 Å². The van der Waals surface area contributed by atoms with Gasteiger partial charge in [0.15, 0.2) is 0 Å². The van der Waals surface area contributed by atoms with Crippen LogP contribution in [0.3, 0.4) is 0 Å². The van der Waals surface area contributed by atoms with E-state index < -0.39 is 0 Å². The first kappa shape index (κ1) is 8.69. The fraction of sp³-hybridized carbons (Fsp3) is 0.333. The minimum atomic E-state index is 0.162. The van der Waals surface area contributed by atoms with Crippen molar-refractivity contribution < 1.29 is 4.79 Å². The molecule has 1 atom stereocenters. The summed E-state index contributed by atoms with van der Waals surface area (Å²) in [4.78, 5) is 17.5. The number of rotatable bonds is 1. The molecule has 0 aromatic carbocycles. The predicted molar refractivity (Wildman–Crippen MR) is 53.9 cm³/mol. The van der Waals surface area contributed by atoms with E-state index in [2.05, 4.69) is 20.9 Å². The van der Waals surface area contributed by atoms with Crippen LogP contribution in [0.25, 0.3) is 0 Å². The first-order chi connectivity index (χ1) is 6.27. The Labute approximate surface area is 84.9 Å². The quantitative estimate of drug-likeness (QED) is 0.699. The third kappa shape index (κ3) is 1.72. The maximum Gasteiger partial charge on any atom is 0.228 e. The molecule has 0 spiro atoms. The smallest absolute Gasteiger partial charge is 0.228 e. The molecule has 1 saturated heterocycles. The van der Waals surface area contributed by atoms with Gasteiger partial charge in [0.1, 0.15) is 0 Å². The molecule has 1 unspecified atom stereocenters. The van der Waals surface area contributed by atoms with Crippen molar-refractivity contribution in [2.75, 3.05) is 11.4 Å². The fourth-order valence-electron chi connectivity index (χ4n) is 1.43. The summed E-state index contributed by atoms with van der Waals surface area (Å²) < 4.78 is 0. The summed E-state index contributed by atoms with van der Waals surface area (Å²) in [6.07, 6.45) is 3.99. The van der Waals surface area contributed by atoms with E-state index in [4.69, 9.17) is 0 Å². The van der Waals surface area contributed by atoms with E-state index in [0.29, 0.717) is 6.42 Å². The molecular weight excluding hydrogens is 232 g/mol. The molecule has 0 N–H and O–H groups in total. The number of anilines is 1. The Morgan fingerprint density at radius 1 is 1.62 bits per heavy atom. The highest BCUT2D eigenvalue weighted by molar-refractivity contribution is 9.09. The molecule has 2 heterocycles. The van der Waals surface area contributed by atoms with Gasteiger partial charge in [0.25, 0.3) is 0 Å². The van der Waals surface area contributed by atoms with Gasteiger partial charge in [0, 0.05) is 24.0 Å². The molecule has 0 radical (unpaired) electrons. The molecule has 2 rings (SSSR count). The molecule has 3 nitrogen and oxygen atoms in total. The summed E-state index contributed by atoms with van der Waals surface area (Å²) in [5.74, 6) is 0.162. The summed E-state index contributed by atoms with van der Waals surface area (Å²) >= 11 is 3.43. The summed E-state index contributed by atoms with van der Waals surface area (Å²) in [5.41, 5.74) is 0.884. The van der Waals surface area contributed by atoms with Gasteiger partial charge in [-0.3, -0.25) is 9.78 Å². The third-order valence-electron chi connectivity index (χ3n) is 2.04. The molecule has 1 aromatic heterocycles. The summed E-state index contributed by atoms with van der Waals surface area (Å²) in [6.45, 7) is 0.741. The SMILES string of the molecule is O=C1CC(Br)CN1c1cccnc1. The molecule has 4 heteroatoms. The van der Waals surface area contributed by atoms with Crippen molar-refractivity contribution in [3.05, 3.63) is 24.5 Å². The monoisotopic (exact) mass is 240 g/mol. The summed E-state index contributed by atoms with van der Waals surface area (Å²) in [7, 11) is 0. The van der Waals surface area contributed by atoms with Crippen LogP contribution >= 0.6 is 15.9 Å². The maximum absolute atomic E-state index is 11.5. The molecule has 68 valence electrons. The van der Waals surface area contributed by atoms with E-state index in [-0.39, 0.29) is 10.7 Å². The first-order valence-electron chi connectivity index (χ1n) is 4.12. The first-order valence-corrected chi connectivity index (χ1v) is 5.03. The number of hydrogen-bond donors (Lipinski definition) is 0. The van der Waals surface area contributed by atoms with Gasteiger partial charge in [-0.05, 0) is 12.1 Å². The van der Waals surface area contributed by atoms with E-state index in [1.165, 1.54) is 0 Å². The Kier molecular flexibility index (Phi) is 2.31. The van der Waals surface area contributed by atoms with Crippen molar-refractivity contribution in [3.8, 4) is 0 Å². The van der Waals surface area contributed by atoms with Crippen molar-refractivity contribution in [2.45, 2.75) is 11.2 Å². The minimum Gasteiger partial charge on any atom is -0.310 e. The molecule has 1 aliphatic heterocycles. The van der Waals surface area contributed by atoms with E-state index in [1.807, 2.05) is 12.1 Å². The normalized spacial score (nSPS) is 22.4. The summed E-state index contributed by atoms with van der Waals surface area (Å²) in [6, 6.07) is 3.74. The third-order valence-corrected chi connectivity index (χ3v) is 2.65. The van der Waals surface area contributed by atoms with Crippen molar-refractivity contribution in [1.82, 2.24) is 4.98 Å². The molecular formula is C9H9BrN2O. The molecule has 1 fully saturated rings. The van der Waals surface area contributed by atoms with Crippen LogP contribution in [0, 0.1) is 0 Å². The van der Waals surface area contributed by atoms with Gasteiger partial charge in [-0.15, -0.1) is 0 Å². The van der Waals surface area contributed by atoms with Crippen LogP contribution in [0.5, 0.6) is 0 Å². The average Bonchev–Trinajstić information content (AvgIpc) is 2.47. The van der Waals surface area contributed by atoms with Crippen LogP contribution in [0.4, 0.5) is 5.69 Å². The molecule has 0 bridgehead atoms. The van der Waals surface area contributed by atoms with Crippen molar-refractivity contribution in [2.24, 2.45) is 0 Å². The molecule has 1 amide bonds. The number of carbonyl (C=O) groups excluding carboxylic acids is 1. The van der Waals surface area contributed by atoms with Gasteiger partial charge in [-0.25, -0.2) is 0 Å². The number of carbonyl (C=O) groups is 1. The second-order valence-corrected chi connectivity index (χ2v) is 4.31. The van der Waals surface area contributed by atoms with E-state index >= 15 is 0 Å². The fourth-order valence-corrected chi connectivity index (χ4v) is 1.99. The largest absolute Gasteiger partial charge is 0.310 e. The van der Waals surface area contributed by atoms with Gasteiger partial charge in [-0.2, -0.15) is 0 Å². The van der Waals surface area contributed by atoms with Crippen LogP contribution in [0.1, 0.15) is 6.42 Å². The Morgan fingerprint density at radius 2 is 2.46 bits per heavy atom. The highest BCUT2D eigenvalue weighted by Crippen LogP contribution is 2.23. The number of nitrogens with zero attached hydrogens (tertiary/aromatic N) is 2. The average molecular weight is 241 g/mol. The Balaban J connectivity index is 2.23. The van der Waals surface area contributed by atoms with E-state index in [0.717, 1.165) is 12.2 Å². The zero-order valence-electron chi connectivity index (χ0n) is 6.98. The lowest BCUT2D eigenvalue weighted by molar-refractivity contribution is -0.117. The van der Waals surface area contributed by atoms with Crippen molar-refractivity contribution in [1.29, 1.82) is 0 Å². The summed E-state index contributed by atoms with van der Waals surface area (Å²) in [5, 5.41) is 0. The molecule has 0 aliphatic carbocycles. The highest BCUT2D eigenvalue weighted by Gasteiger charge is 2.28. The van der Waals surface area contributed by atoms with Crippen molar-refractivity contribution in [3.63, 3.8) is 0 Å². The Bertz CT molecular complexity index is 315. The number of amides is 1. The predicted octanol–water partition coefficient (Wildman–Crippen LogP) is 1.58. The van der Waals surface area contributed by atoms with Crippen molar-refractivity contribution >= 4 is 27.5 Å². The van der Waals surface area contributed by atoms with Gasteiger partial charge in [-0.1, -0.05) is 15.9 Å². The lowest BCUT2D eigenvalue weighted by Gasteiger charge is -2.14. The van der Waals surface area contributed by atoms with E-state index in [9.17, 15) is 4.79 Å².